The molecule has 3 heteroatoms. The van der Waals surface area contributed by atoms with Crippen molar-refractivity contribution in [3.05, 3.63) is 29.6 Å². The molecule has 1 aromatic rings. The number of nitrogens with zero attached hydrogens (tertiary/aromatic N) is 1. The van der Waals surface area contributed by atoms with Gasteiger partial charge in [-0.25, -0.2) is 4.98 Å². The summed E-state index contributed by atoms with van der Waals surface area (Å²) in [4.78, 5) is 7.08. The molecule has 1 N–H and O–H groups in total. The second-order valence-electron chi connectivity index (χ2n) is 2.29. The Morgan fingerprint density at radius 3 is 2.69 bits per heavy atom. The smallest absolute Gasteiger partial charge is 0.0931 e. The van der Waals surface area contributed by atoms with Crippen molar-refractivity contribution in [3.8, 4) is 0 Å². The number of hydrogen-bond donors (Lipinski definition) is 1. The van der Waals surface area contributed by atoms with Gasteiger partial charge < -0.3 is 4.98 Å². The van der Waals surface area contributed by atoms with Crippen LogP contribution in [0.15, 0.2) is 18.2 Å². The number of imidazole rings is 1. The first kappa shape index (κ1) is 12.1. The van der Waals surface area contributed by atoms with Crippen LogP contribution in [-0.4, -0.2) is 9.97 Å². The van der Waals surface area contributed by atoms with Crippen LogP contribution in [-0.2, 0) is 0 Å². The molecule has 0 bridgehead atoms. The Morgan fingerprint density at radius 1 is 1.62 bits per heavy atom. The maximum atomic E-state index is 4.06. The van der Waals surface area contributed by atoms with E-state index in [-0.39, 0.29) is 0 Å². The van der Waals surface area contributed by atoms with Crippen LogP contribution in [0.1, 0.15) is 32.2 Å². The summed E-state index contributed by atoms with van der Waals surface area (Å²) in [5.74, 6) is 0. The zero-order valence-corrected chi connectivity index (χ0v) is 9.62. The molecule has 1 aromatic heterocycles. The van der Waals surface area contributed by atoms with Crippen LogP contribution in [0.3, 0.4) is 0 Å². The van der Waals surface area contributed by atoms with E-state index < -0.39 is 0 Å². The van der Waals surface area contributed by atoms with E-state index in [0.29, 0.717) is 0 Å². The van der Waals surface area contributed by atoms with Gasteiger partial charge in [-0.3, -0.25) is 0 Å². The molecule has 1 heterocycles. The van der Waals surface area contributed by atoms with E-state index in [1.165, 1.54) is 0 Å². The quantitative estimate of drug-likeness (QED) is 0.722. The molecule has 0 saturated carbocycles. The zero-order chi connectivity index (χ0) is 10.3. The molecular weight excluding hydrogens is 179 g/mol. The van der Waals surface area contributed by atoms with Crippen LogP contribution >= 0.6 is 9.24 Å². The third kappa shape index (κ3) is 4.05. The van der Waals surface area contributed by atoms with Gasteiger partial charge in [0.1, 0.15) is 0 Å². The monoisotopic (exact) mass is 196 g/mol. The Labute approximate surface area is 82.4 Å². The number of aromatic amines is 1. The summed E-state index contributed by atoms with van der Waals surface area (Å²) in [6, 6.07) is 0. The van der Waals surface area contributed by atoms with Crippen LogP contribution in [0.5, 0.6) is 0 Å². The predicted molar refractivity (Wildman–Crippen MR) is 63.4 cm³/mol. The van der Waals surface area contributed by atoms with Crippen molar-refractivity contribution in [1.29, 1.82) is 0 Å². The van der Waals surface area contributed by atoms with E-state index in [1.807, 2.05) is 26.8 Å². The molecule has 1 unspecified atom stereocenters. The van der Waals surface area contributed by atoms with Crippen molar-refractivity contribution >= 4 is 21.4 Å². The van der Waals surface area contributed by atoms with Crippen molar-refractivity contribution in [2.75, 3.05) is 0 Å². The Kier molecular flexibility index (Phi) is 6.17. The maximum Gasteiger partial charge on any atom is 0.0931 e. The number of rotatable bonds is 2. The SMILES string of the molecule is C=Cc1nc[nH]c1/C=C(\C)P.CC. The standard InChI is InChI=1S/C8H11N2P.C2H6/c1-3-7-8(4-6(2)11)10-5-9-7;1-2/h3-5H,1,11H2,2H3,(H,9,10);1-2H3/b6-4+;. The number of nitrogens with one attached hydrogen (secondary N) is 1. The average molecular weight is 196 g/mol. The summed E-state index contributed by atoms with van der Waals surface area (Å²) in [6.07, 6.45) is 5.40. The van der Waals surface area contributed by atoms with Crippen molar-refractivity contribution in [2.24, 2.45) is 0 Å². The molecule has 72 valence electrons. The molecule has 0 aromatic carbocycles. The van der Waals surface area contributed by atoms with Crippen LogP contribution in [0.4, 0.5) is 0 Å². The minimum atomic E-state index is 0.895. The number of allylic oxidation sites excluding steroid dienone is 1. The van der Waals surface area contributed by atoms with Gasteiger partial charge in [0.15, 0.2) is 0 Å². The molecule has 0 aliphatic carbocycles. The van der Waals surface area contributed by atoms with E-state index in [0.717, 1.165) is 16.7 Å². The van der Waals surface area contributed by atoms with Gasteiger partial charge in [-0.15, -0.1) is 9.24 Å². The second-order valence-corrected chi connectivity index (χ2v) is 3.20. The van der Waals surface area contributed by atoms with Gasteiger partial charge in [0, 0.05) is 0 Å². The first-order valence-electron chi connectivity index (χ1n) is 4.33. The summed E-state index contributed by atoms with van der Waals surface area (Å²) in [6.45, 7) is 9.66. The second kappa shape index (κ2) is 6.62. The lowest BCUT2D eigenvalue weighted by atomic mass is 10.3. The Morgan fingerprint density at radius 2 is 2.23 bits per heavy atom. The summed E-state index contributed by atoms with van der Waals surface area (Å²) >= 11 is 0. The van der Waals surface area contributed by atoms with Gasteiger partial charge in [-0.05, 0) is 19.1 Å². The summed E-state index contributed by atoms with van der Waals surface area (Å²) < 4.78 is 0. The van der Waals surface area contributed by atoms with Crippen molar-refractivity contribution in [3.63, 3.8) is 0 Å². The third-order valence-corrected chi connectivity index (χ3v) is 1.43. The van der Waals surface area contributed by atoms with E-state index in [2.05, 4.69) is 25.8 Å². The molecule has 0 saturated heterocycles. The van der Waals surface area contributed by atoms with E-state index in [9.17, 15) is 0 Å². The zero-order valence-electron chi connectivity index (χ0n) is 8.46. The third-order valence-electron chi connectivity index (χ3n) is 1.26. The lowest BCUT2D eigenvalue weighted by Crippen LogP contribution is -1.76. The lowest BCUT2D eigenvalue weighted by Gasteiger charge is -1.90. The summed E-state index contributed by atoms with van der Waals surface area (Å²) in [7, 11) is 2.62. The van der Waals surface area contributed by atoms with Gasteiger partial charge >= 0.3 is 0 Å². The molecule has 0 fully saturated rings. The fourth-order valence-electron chi connectivity index (χ4n) is 0.821. The fraction of sp³-hybridized carbons (Fsp3) is 0.300. The minimum Gasteiger partial charge on any atom is -0.345 e. The minimum absolute atomic E-state index is 0.895. The molecule has 13 heavy (non-hydrogen) atoms. The van der Waals surface area contributed by atoms with Gasteiger partial charge in [0.05, 0.1) is 17.7 Å². The van der Waals surface area contributed by atoms with Gasteiger partial charge in [0.2, 0.25) is 0 Å². The number of hydrogen-bond acceptors (Lipinski definition) is 1. The highest BCUT2D eigenvalue weighted by atomic mass is 31.0. The average Bonchev–Trinajstić information content (AvgIpc) is 2.54. The molecule has 0 aliphatic heterocycles. The first-order valence-corrected chi connectivity index (χ1v) is 4.91. The molecule has 2 nitrogen and oxygen atoms in total. The Balaban J connectivity index is 0.000000671. The molecule has 1 rings (SSSR count). The van der Waals surface area contributed by atoms with Crippen molar-refractivity contribution in [2.45, 2.75) is 20.8 Å². The van der Waals surface area contributed by atoms with Gasteiger partial charge in [-0.1, -0.05) is 25.7 Å². The predicted octanol–water partition coefficient (Wildman–Crippen LogP) is 3.31. The Hall–Kier alpha value is -0.880. The largest absolute Gasteiger partial charge is 0.345 e. The van der Waals surface area contributed by atoms with Crippen LogP contribution < -0.4 is 0 Å². The highest BCUT2D eigenvalue weighted by Crippen LogP contribution is 2.12. The topological polar surface area (TPSA) is 28.7 Å². The van der Waals surface area contributed by atoms with Crippen LogP contribution in [0, 0.1) is 0 Å². The van der Waals surface area contributed by atoms with E-state index in [4.69, 9.17) is 0 Å². The fourth-order valence-corrected chi connectivity index (χ4v) is 0.987. The van der Waals surface area contributed by atoms with E-state index in [1.54, 1.807) is 12.4 Å². The molecule has 0 spiro atoms. The molecule has 1 atom stereocenters. The van der Waals surface area contributed by atoms with Crippen LogP contribution in [0.25, 0.3) is 12.2 Å². The molecule has 0 radical (unpaired) electrons. The van der Waals surface area contributed by atoms with Gasteiger partial charge in [0.25, 0.3) is 0 Å². The van der Waals surface area contributed by atoms with Crippen molar-refractivity contribution in [1.82, 2.24) is 9.97 Å². The molecular formula is C10H17N2P. The first-order chi connectivity index (χ1) is 6.24. The normalized spacial score (nSPS) is 10.3. The van der Waals surface area contributed by atoms with Gasteiger partial charge in [-0.2, -0.15) is 0 Å². The summed E-state index contributed by atoms with van der Waals surface area (Å²) in [5, 5.41) is 1.16. The van der Waals surface area contributed by atoms with E-state index >= 15 is 0 Å². The van der Waals surface area contributed by atoms with Crippen LogP contribution in [0.2, 0.25) is 0 Å². The molecule has 0 amide bonds. The highest BCUT2D eigenvalue weighted by Gasteiger charge is 1.96. The Bertz CT molecular complexity index is 283. The number of aromatic nitrogens is 2. The van der Waals surface area contributed by atoms with Crippen molar-refractivity contribution < 1.29 is 0 Å². The highest BCUT2D eigenvalue weighted by molar-refractivity contribution is 7.22. The summed E-state index contributed by atoms with van der Waals surface area (Å²) in [5.41, 5.74) is 1.90. The lowest BCUT2D eigenvalue weighted by molar-refractivity contribution is 1.30. The molecule has 0 aliphatic rings. The number of H-pyrrole nitrogens is 1. The maximum absolute atomic E-state index is 4.06.